The number of anilines is 1. The Labute approximate surface area is 197 Å². The second kappa shape index (κ2) is 9.65. The van der Waals surface area contributed by atoms with Gasteiger partial charge in [0, 0.05) is 17.3 Å². The topological polar surface area (TPSA) is 51.7 Å². The highest BCUT2D eigenvalue weighted by Crippen LogP contribution is 2.33. The van der Waals surface area contributed by atoms with E-state index in [1.807, 2.05) is 59.7 Å². The van der Waals surface area contributed by atoms with Crippen LogP contribution in [0.3, 0.4) is 0 Å². The molecular weight excluding hydrogens is 412 g/mol. The number of pyridine rings is 1. The van der Waals surface area contributed by atoms with Crippen LogP contribution >= 0.6 is 0 Å². The Hall–Kier alpha value is -3.34. The van der Waals surface area contributed by atoms with Gasteiger partial charge in [-0.1, -0.05) is 36.4 Å². The highest BCUT2D eigenvalue weighted by atomic mass is 16.6. The summed E-state index contributed by atoms with van der Waals surface area (Å²) in [6.45, 7) is 13.9. The van der Waals surface area contributed by atoms with Crippen LogP contribution in [0.5, 0.6) is 5.75 Å². The second-order valence-electron chi connectivity index (χ2n) is 9.43. The lowest BCUT2D eigenvalue weighted by atomic mass is 9.98. The van der Waals surface area contributed by atoms with E-state index in [2.05, 4.69) is 36.2 Å². The molecule has 0 saturated heterocycles. The van der Waals surface area contributed by atoms with E-state index in [4.69, 9.17) is 9.47 Å². The van der Waals surface area contributed by atoms with Crippen LogP contribution < -0.4 is 9.64 Å². The van der Waals surface area contributed by atoms with E-state index in [-0.39, 0.29) is 6.54 Å². The number of aromatic nitrogens is 1. The molecule has 0 radical (unpaired) electrons. The number of carbonyl (C=O) groups excluding carboxylic acids is 1. The number of methoxy groups -OCH3 is 1. The summed E-state index contributed by atoms with van der Waals surface area (Å²) in [5.41, 5.74) is 7.16. The molecule has 1 amide bonds. The number of hydrogen-bond donors (Lipinski definition) is 0. The molecule has 0 aliphatic rings. The summed E-state index contributed by atoms with van der Waals surface area (Å²) in [6.07, 6.45) is 1.37. The standard InChI is InChI=1S/C28H34N2O3/c1-18-11-9-10-12-23(18)22-14-13-19(2)25(15-22)30(27(31)33-28(5,6)7)17-24-21(4)26(32-8)20(3)16-29-24/h9-16H,17H2,1-8H3. The molecule has 33 heavy (non-hydrogen) atoms. The van der Waals surface area contributed by atoms with Gasteiger partial charge in [-0.15, -0.1) is 0 Å². The summed E-state index contributed by atoms with van der Waals surface area (Å²) in [4.78, 5) is 19.7. The number of benzene rings is 2. The van der Waals surface area contributed by atoms with E-state index in [0.29, 0.717) is 0 Å². The number of hydrogen-bond acceptors (Lipinski definition) is 4. The minimum Gasteiger partial charge on any atom is -0.496 e. The quantitative estimate of drug-likeness (QED) is 0.426. The van der Waals surface area contributed by atoms with Crippen LogP contribution in [-0.4, -0.2) is 23.8 Å². The first-order chi connectivity index (χ1) is 15.5. The number of nitrogens with zero attached hydrogens (tertiary/aromatic N) is 2. The van der Waals surface area contributed by atoms with Gasteiger partial charge >= 0.3 is 6.09 Å². The molecule has 1 heterocycles. The molecule has 0 saturated carbocycles. The van der Waals surface area contributed by atoms with Crippen molar-refractivity contribution in [3.8, 4) is 16.9 Å². The molecule has 0 spiro atoms. The van der Waals surface area contributed by atoms with Crippen molar-refractivity contribution in [3.63, 3.8) is 0 Å². The zero-order valence-electron chi connectivity index (χ0n) is 20.9. The van der Waals surface area contributed by atoms with E-state index >= 15 is 0 Å². The van der Waals surface area contributed by atoms with Crippen molar-refractivity contribution in [1.29, 1.82) is 0 Å². The third-order valence-corrected chi connectivity index (χ3v) is 5.63. The van der Waals surface area contributed by atoms with Crippen molar-refractivity contribution in [2.75, 3.05) is 12.0 Å². The fourth-order valence-electron chi connectivity index (χ4n) is 3.91. The summed E-state index contributed by atoms with van der Waals surface area (Å²) < 4.78 is 11.4. The van der Waals surface area contributed by atoms with Crippen molar-refractivity contribution < 1.29 is 14.3 Å². The van der Waals surface area contributed by atoms with E-state index in [0.717, 1.165) is 44.9 Å². The normalized spacial score (nSPS) is 11.3. The third-order valence-electron chi connectivity index (χ3n) is 5.63. The van der Waals surface area contributed by atoms with Gasteiger partial charge in [-0.25, -0.2) is 4.79 Å². The van der Waals surface area contributed by atoms with Crippen LogP contribution in [0, 0.1) is 27.7 Å². The van der Waals surface area contributed by atoms with Gasteiger partial charge in [-0.05, 0) is 76.8 Å². The van der Waals surface area contributed by atoms with Crippen LogP contribution in [0.2, 0.25) is 0 Å². The van der Waals surface area contributed by atoms with Gasteiger partial charge in [-0.3, -0.25) is 9.88 Å². The zero-order valence-corrected chi connectivity index (χ0v) is 20.9. The minimum absolute atomic E-state index is 0.273. The maximum atomic E-state index is 13.4. The van der Waals surface area contributed by atoms with E-state index in [1.165, 1.54) is 5.56 Å². The monoisotopic (exact) mass is 446 g/mol. The maximum Gasteiger partial charge on any atom is 0.415 e. The number of amides is 1. The Bertz CT molecular complexity index is 1160. The van der Waals surface area contributed by atoms with Gasteiger partial charge in [0.1, 0.15) is 11.4 Å². The molecule has 0 aliphatic heterocycles. The number of ether oxygens (including phenoxy) is 2. The molecule has 0 aliphatic carbocycles. The SMILES string of the molecule is COc1c(C)cnc(CN(C(=O)OC(C)(C)C)c2cc(-c3ccccc3C)ccc2C)c1C. The Balaban J connectivity index is 2.12. The zero-order chi connectivity index (χ0) is 24.3. The van der Waals surface area contributed by atoms with Gasteiger partial charge in [0.25, 0.3) is 0 Å². The van der Waals surface area contributed by atoms with Crippen LogP contribution in [0.4, 0.5) is 10.5 Å². The lowest BCUT2D eigenvalue weighted by Gasteiger charge is -2.29. The summed E-state index contributed by atoms with van der Waals surface area (Å²) in [5, 5.41) is 0. The molecule has 0 bridgehead atoms. The maximum absolute atomic E-state index is 13.4. The van der Waals surface area contributed by atoms with Crippen molar-refractivity contribution in [2.45, 2.75) is 60.6 Å². The number of carbonyl (C=O) groups is 1. The van der Waals surface area contributed by atoms with E-state index in [1.54, 1.807) is 18.2 Å². The average Bonchev–Trinajstić information content (AvgIpc) is 2.73. The predicted molar refractivity (Wildman–Crippen MR) is 134 cm³/mol. The molecule has 1 aromatic heterocycles. The van der Waals surface area contributed by atoms with Gasteiger partial charge in [-0.2, -0.15) is 0 Å². The minimum atomic E-state index is -0.621. The lowest BCUT2D eigenvalue weighted by Crippen LogP contribution is -2.37. The summed E-state index contributed by atoms with van der Waals surface area (Å²) in [6, 6.07) is 14.4. The first-order valence-corrected chi connectivity index (χ1v) is 11.2. The van der Waals surface area contributed by atoms with Crippen molar-refractivity contribution >= 4 is 11.8 Å². The van der Waals surface area contributed by atoms with Crippen molar-refractivity contribution in [1.82, 2.24) is 4.98 Å². The Morgan fingerprint density at radius 3 is 2.30 bits per heavy atom. The van der Waals surface area contributed by atoms with Crippen LogP contribution in [0.15, 0.2) is 48.7 Å². The van der Waals surface area contributed by atoms with Gasteiger partial charge < -0.3 is 9.47 Å². The van der Waals surface area contributed by atoms with Crippen LogP contribution in [-0.2, 0) is 11.3 Å². The molecule has 0 N–H and O–H groups in total. The fourth-order valence-corrected chi connectivity index (χ4v) is 3.91. The molecule has 0 fully saturated rings. The van der Waals surface area contributed by atoms with Crippen LogP contribution in [0.25, 0.3) is 11.1 Å². The van der Waals surface area contributed by atoms with Crippen LogP contribution in [0.1, 0.15) is 48.7 Å². The number of aryl methyl sites for hydroxylation is 3. The second-order valence-corrected chi connectivity index (χ2v) is 9.43. The van der Waals surface area contributed by atoms with Crippen molar-refractivity contribution in [3.05, 3.63) is 76.6 Å². The molecule has 3 rings (SSSR count). The Morgan fingerprint density at radius 2 is 1.67 bits per heavy atom. The molecule has 3 aromatic rings. The Kier molecular flexibility index (Phi) is 7.11. The summed E-state index contributed by atoms with van der Waals surface area (Å²) >= 11 is 0. The lowest BCUT2D eigenvalue weighted by molar-refractivity contribution is 0.0577. The van der Waals surface area contributed by atoms with Crippen molar-refractivity contribution in [2.24, 2.45) is 0 Å². The third kappa shape index (κ3) is 5.54. The van der Waals surface area contributed by atoms with Gasteiger partial charge in [0.15, 0.2) is 0 Å². The highest BCUT2D eigenvalue weighted by Gasteiger charge is 2.26. The fraction of sp³-hybridized carbons (Fsp3) is 0.357. The smallest absolute Gasteiger partial charge is 0.415 e. The molecule has 5 heteroatoms. The predicted octanol–water partition coefficient (Wildman–Crippen LogP) is 6.93. The first kappa shape index (κ1) is 24.3. The molecule has 2 aromatic carbocycles. The average molecular weight is 447 g/mol. The largest absolute Gasteiger partial charge is 0.496 e. The Morgan fingerprint density at radius 1 is 0.970 bits per heavy atom. The molecule has 174 valence electrons. The highest BCUT2D eigenvalue weighted by molar-refractivity contribution is 5.90. The summed E-state index contributed by atoms with van der Waals surface area (Å²) in [5.74, 6) is 0.787. The molecule has 0 atom stereocenters. The molecule has 0 unspecified atom stereocenters. The van der Waals surface area contributed by atoms with E-state index < -0.39 is 11.7 Å². The molecular formula is C28H34N2O3. The van der Waals surface area contributed by atoms with Gasteiger partial charge in [0.05, 0.1) is 25.0 Å². The summed E-state index contributed by atoms with van der Waals surface area (Å²) in [7, 11) is 1.65. The first-order valence-electron chi connectivity index (χ1n) is 11.2. The van der Waals surface area contributed by atoms with Gasteiger partial charge in [0.2, 0.25) is 0 Å². The number of rotatable bonds is 5. The van der Waals surface area contributed by atoms with E-state index in [9.17, 15) is 4.79 Å². The molecule has 5 nitrogen and oxygen atoms in total.